The second-order valence-electron chi connectivity index (χ2n) is 12.2. The number of para-hydroxylation sites is 1. The minimum absolute atomic E-state index is 0.192. The van der Waals surface area contributed by atoms with Gasteiger partial charge in [-0.15, -0.1) is 0 Å². The Morgan fingerprint density at radius 2 is 1.79 bits per heavy atom. The van der Waals surface area contributed by atoms with Gasteiger partial charge >= 0.3 is 5.97 Å². The van der Waals surface area contributed by atoms with E-state index in [0.717, 1.165) is 29.1 Å². The molecule has 3 aromatic carbocycles. The van der Waals surface area contributed by atoms with Crippen LogP contribution < -0.4 is 35.9 Å². The first-order chi connectivity index (χ1) is 23.3. The van der Waals surface area contributed by atoms with Crippen LogP contribution in [0.25, 0.3) is 0 Å². The number of rotatable bonds is 15. The summed E-state index contributed by atoms with van der Waals surface area (Å²) in [6.07, 6.45) is -0.196. The quantitative estimate of drug-likeness (QED) is 0.136. The second kappa shape index (κ2) is 17.4. The Kier molecular flexibility index (Phi) is 12.8. The summed E-state index contributed by atoms with van der Waals surface area (Å²) >= 11 is 6.17. The maximum Gasteiger partial charge on any atom is 0.329 e. The Morgan fingerprint density at radius 1 is 1.02 bits per heavy atom. The zero-order valence-corrected chi connectivity index (χ0v) is 28.2. The van der Waals surface area contributed by atoms with E-state index in [4.69, 9.17) is 41.0 Å². The number of halogens is 1. The number of hydrogen-bond acceptors (Lipinski definition) is 10. The van der Waals surface area contributed by atoms with E-state index in [0.29, 0.717) is 62.5 Å². The van der Waals surface area contributed by atoms with Gasteiger partial charge in [0.15, 0.2) is 0 Å². The number of ether oxygens (including phenoxy) is 5. The maximum atomic E-state index is 13.4. The Morgan fingerprint density at radius 3 is 2.56 bits per heavy atom. The van der Waals surface area contributed by atoms with Gasteiger partial charge in [0.25, 0.3) is 0 Å². The first kappa shape index (κ1) is 35.3. The monoisotopic (exact) mass is 680 g/mol. The number of anilines is 1. The fourth-order valence-electron chi connectivity index (χ4n) is 5.78. The Hall–Kier alpha value is -4.03. The van der Waals surface area contributed by atoms with Crippen LogP contribution in [0.5, 0.6) is 17.2 Å². The molecule has 0 aliphatic carbocycles. The summed E-state index contributed by atoms with van der Waals surface area (Å²) in [5.41, 5.74) is 8.39. The van der Waals surface area contributed by atoms with E-state index in [2.05, 4.69) is 16.0 Å². The highest BCUT2D eigenvalue weighted by Crippen LogP contribution is 2.34. The predicted octanol–water partition coefficient (Wildman–Crippen LogP) is 4.28. The number of esters is 1. The van der Waals surface area contributed by atoms with Crippen LogP contribution in [0.1, 0.15) is 37.3 Å². The summed E-state index contributed by atoms with van der Waals surface area (Å²) in [5, 5.41) is 10.0. The third kappa shape index (κ3) is 9.53. The number of hydrogen-bond donors (Lipinski definition) is 4. The Bertz CT molecular complexity index is 1510. The van der Waals surface area contributed by atoms with Gasteiger partial charge in [0.1, 0.15) is 36.0 Å². The van der Waals surface area contributed by atoms with Crippen LogP contribution in [0, 0.1) is 5.92 Å². The molecule has 0 radical (unpaired) electrons. The normalized spacial score (nSPS) is 19.3. The molecule has 3 aromatic rings. The molecule has 0 spiro atoms. The van der Waals surface area contributed by atoms with E-state index < -0.39 is 24.0 Å². The van der Waals surface area contributed by atoms with Gasteiger partial charge in [-0.1, -0.05) is 55.8 Å². The van der Waals surface area contributed by atoms with Crippen LogP contribution in [0.3, 0.4) is 0 Å². The summed E-state index contributed by atoms with van der Waals surface area (Å²) in [7, 11) is 0. The molecule has 258 valence electrons. The van der Waals surface area contributed by atoms with Gasteiger partial charge in [-0.2, -0.15) is 0 Å². The van der Waals surface area contributed by atoms with Crippen molar-refractivity contribution in [3.8, 4) is 17.2 Å². The van der Waals surface area contributed by atoms with Crippen molar-refractivity contribution in [2.75, 3.05) is 51.3 Å². The smallest absolute Gasteiger partial charge is 0.329 e. The molecule has 1 fully saturated rings. The van der Waals surface area contributed by atoms with Crippen LogP contribution in [0.4, 0.5) is 5.69 Å². The minimum Gasteiger partial charge on any atom is -0.493 e. The van der Waals surface area contributed by atoms with Gasteiger partial charge in [-0.3, -0.25) is 4.79 Å². The van der Waals surface area contributed by atoms with Crippen molar-refractivity contribution < 1.29 is 33.3 Å². The van der Waals surface area contributed by atoms with E-state index in [9.17, 15) is 9.59 Å². The van der Waals surface area contributed by atoms with Gasteiger partial charge in [0, 0.05) is 32.0 Å². The number of carbonyl (C=O) groups excluding carboxylic acids is 2. The zero-order valence-electron chi connectivity index (χ0n) is 27.4. The van der Waals surface area contributed by atoms with Gasteiger partial charge in [0.05, 0.1) is 43.2 Å². The number of amides is 1. The molecule has 2 aliphatic heterocycles. The molecule has 12 heteroatoms. The minimum atomic E-state index is -0.828. The lowest BCUT2D eigenvalue weighted by Gasteiger charge is -2.39. The van der Waals surface area contributed by atoms with Crippen LogP contribution in [-0.4, -0.2) is 76.1 Å². The van der Waals surface area contributed by atoms with Crippen molar-refractivity contribution in [1.29, 1.82) is 0 Å². The zero-order chi connectivity index (χ0) is 33.9. The first-order valence-corrected chi connectivity index (χ1v) is 16.8. The molecule has 1 unspecified atom stereocenters. The largest absolute Gasteiger partial charge is 0.493 e. The highest BCUT2D eigenvalue weighted by molar-refractivity contribution is 6.32. The molecule has 11 nitrogen and oxygen atoms in total. The number of benzene rings is 3. The van der Waals surface area contributed by atoms with Gasteiger partial charge in [0.2, 0.25) is 5.91 Å². The average molecular weight is 681 g/mol. The summed E-state index contributed by atoms with van der Waals surface area (Å²) in [5.74, 6) is 0.783. The Labute approximate surface area is 286 Å². The predicted molar refractivity (Wildman–Crippen MR) is 184 cm³/mol. The number of fused-ring (bicyclic) bond motifs is 1. The SMILES string of the molecule is CC(C)[C@H](NC(=O)CN)C(=O)O[C@@H]1CNC[C@H](OCc2ccc3c(c2)NCCO3)C1c1ccc(OCCCOc2ccccc2Cl)cc1. The van der Waals surface area contributed by atoms with Crippen LogP contribution in [0.2, 0.25) is 5.02 Å². The highest BCUT2D eigenvalue weighted by atomic mass is 35.5. The first-order valence-electron chi connectivity index (χ1n) is 16.4. The molecule has 48 heavy (non-hydrogen) atoms. The summed E-state index contributed by atoms with van der Waals surface area (Å²) in [4.78, 5) is 25.5. The molecular weight excluding hydrogens is 636 g/mol. The van der Waals surface area contributed by atoms with Crippen molar-refractivity contribution in [3.63, 3.8) is 0 Å². The van der Waals surface area contributed by atoms with E-state index in [1.54, 1.807) is 6.07 Å². The standard InChI is InChI=1S/C36H45ClN4O7/c1-23(2)35(41-33(42)19-38)36(43)48-32-21-39-20-31(47-22-24-8-13-30-28(18-24)40-14-17-46-30)34(32)25-9-11-26(12-10-25)44-15-5-16-45-29-7-4-3-6-27(29)37/h3-4,6-13,18,23,31-32,34-35,39-40H,5,14-17,19-22,38H2,1-2H3,(H,41,42)/t31-,32+,34?,35-/m0/s1. The molecule has 2 aliphatic rings. The summed E-state index contributed by atoms with van der Waals surface area (Å²) < 4.78 is 30.1. The number of carbonyl (C=O) groups is 2. The van der Waals surface area contributed by atoms with Crippen molar-refractivity contribution in [1.82, 2.24) is 10.6 Å². The van der Waals surface area contributed by atoms with E-state index in [-0.39, 0.29) is 24.5 Å². The third-order valence-corrected chi connectivity index (χ3v) is 8.59. The number of nitrogens with two attached hydrogens (primary N) is 1. The summed E-state index contributed by atoms with van der Waals surface area (Å²) in [6, 6.07) is 20.3. The fraction of sp³-hybridized carbons (Fsp3) is 0.444. The van der Waals surface area contributed by atoms with Crippen LogP contribution in [0.15, 0.2) is 66.7 Å². The van der Waals surface area contributed by atoms with Crippen molar-refractivity contribution in [2.45, 2.75) is 51.0 Å². The molecule has 4 atom stereocenters. The van der Waals surface area contributed by atoms with Crippen LogP contribution >= 0.6 is 11.6 Å². The maximum absolute atomic E-state index is 13.4. The second-order valence-corrected chi connectivity index (χ2v) is 12.6. The number of nitrogens with one attached hydrogen (secondary N) is 3. The molecule has 1 amide bonds. The van der Waals surface area contributed by atoms with Crippen molar-refractivity contribution in [2.24, 2.45) is 11.7 Å². The molecule has 5 rings (SSSR count). The van der Waals surface area contributed by atoms with Crippen molar-refractivity contribution in [3.05, 3.63) is 82.9 Å². The molecule has 0 aromatic heterocycles. The average Bonchev–Trinajstić information content (AvgIpc) is 3.10. The summed E-state index contributed by atoms with van der Waals surface area (Å²) in [6.45, 7) is 7.16. The fourth-order valence-corrected chi connectivity index (χ4v) is 5.97. The van der Waals surface area contributed by atoms with E-state index in [1.165, 1.54) is 0 Å². The van der Waals surface area contributed by atoms with Crippen LogP contribution in [-0.2, 0) is 25.7 Å². The molecule has 2 heterocycles. The Balaban J connectivity index is 1.27. The number of piperidine rings is 1. The lowest BCUT2D eigenvalue weighted by Crippen LogP contribution is -2.54. The highest BCUT2D eigenvalue weighted by Gasteiger charge is 2.39. The molecular formula is C36H45ClN4O7. The van der Waals surface area contributed by atoms with Gasteiger partial charge in [-0.05, 0) is 53.4 Å². The lowest BCUT2D eigenvalue weighted by atomic mass is 9.85. The van der Waals surface area contributed by atoms with E-state index in [1.807, 2.05) is 74.5 Å². The molecule has 0 saturated carbocycles. The molecule has 5 N–H and O–H groups in total. The molecule has 0 bridgehead atoms. The van der Waals surface area contributed by atoms with Crippen molar-refractivity contribution >= 4 is 29.2 Å². The molecule has 1 saturated heterocycles. The topological polar surface area (TPSA) is 142 Å². The van der Waals surface area contributed by atoms with Gasteiger partial charge in [-0.25, -0.2) is 4.79 Å². The van der Waals surface area contributed by atoms with Gasteiger partial charge < -0.3 is 45.4 Å². The third-order valence-electron chi connectivity index (χ3n) is 8.28. The lowest BCUT2D eigenvalue weighted by molar-refractivity contribution is -0.159. The van der Waals surface area contributed by atoms with E-state index >= 15 is 0 Å².